The van der Waals surface area contributed by atoms with Crippen molar-refractivity contribution in [1.29, 1.82) is 5.41 Å². The molecule has 1 heterocycles. The van der Waals surface area contributed by atoms with E-state index in [9.17, 15) is 0 Å². The van der Waals surface area contributed by atoms with Crippen molar-refractivity contribution in [3.05, 3.63) is 28.2 Å². The number of nitrogens with one attached hydrogen (secondary N) is 1. The molecule has 3 N–H and O–H groups in total. The Balaban J connectivity index is 2.12. The summed E-state index contributed by atoms with van der Waals surface area (Å²) >= 11 is 3.56. The molecule has 0 aliphatic carbocycles. The summed E-state index contributed by atoms with van der Waals surface area (Å²) in [4.78, 5) is 2.34. The number of methoxy groups -OCH3 is 1. The minimum Gasteiger partial charge on any atom is -0.384 e. The number of rotatable bonds is 3. The average Bonchev–Trinajstić information content (AvgIpc) is 2.38. The van der Waals surface area contributed by atoms with Crippen LogP contribution in [0.2, 0.25) is 0 Å². The Hall–Kier alpha value is -1.07. The van der Waals surface area contributed by atoms with Gasteiger partial charge in [0.05, 0.1) is 11.8 Å². The van der Waals surface area contributed by atoms with E-state index in [1.807, 2.05) is 18.2 Å². The highest BCUT2D eigenvalue weighted by atomic mass is 79.9. The third-order valence-corrected chi connectivity index (χ3v) is 4.01. The standard InChI is InChI=1S/C13H18BrN3O/c1-18-10-4-6-17(7-5-10)12-3-2-9(13(15)16)8-11(12)14/h2-3,8,10H,4-7H2,1H3,(H3,15,16). The molecule has 1 saturated heterocycles. The zero-order valence-corrected chi connectivity index (χ0v) is 12.0. The molecule has 4 nitrogen and oxygen atoms in total. The number of amidine groups is 1. The first-order valence-electron chi connectivity index (χ1n) is 6.03. The highest BCUT2D eigenvalue weighted by molar-refractivity contribution is 9.10. The van der Waals surface area contributed by atoms with Gasteiger partial charge in [0.25, 0.3) is 0 Å². The number of nitrogens with two attached hydrogens (primary N) is 1. The van der Waals surface area contributed by atoms with Crippen LogP contribution in [0.4, 0.5) is 5.69 Å². The average molecular weight is 312 g/mol. The highest BCUT2D eigenvalue weighted by Gasteiger charge is 2.20. The number of nitrogens with zero attached hydrogens (tertiary/aromatic N) is 1. The number of piperidine rings is 1. The van der Waals surface area contributed by atoms with Gasteiger partial charge in [0.1, 0.15) is 5.84 Å². The van der Waals surface area contributed by atoms with E-state index in [-0.39, 0.29) is 5.84 Å². The van der Waals surface area contributed by atoms with Crippen LogP contribution in [0.3, 0.4) is 0 Å². The van der Waals surface area contributed by atoms with Gasteiger partial charge in [-0.3, -0.25) is 5.41 Å². The van der Waals surface area contributed by atoms with Crippen molar-refractivity contribution < 1.29 is 4.74 Å². The van der Waals surface area contributed by atoms with Crippen LogP contribution >= 0.6 is 15.9 Å². The van der Waals surface area contributed by atoms with Gasteiger partial charge in [-0.25, -0.2) is 0 Å². The van der Waals surface area contributed by atoms with Crippen LogP contribution in [-0.4, -0.2) is 32.1 Å². The van der Waals surface area contributed by atoms with Crippen molar-refractivity contribution in [3.8, 4) is 0 Å². The summed E-state index contributed by atoms with van der Waals surface area (Å²) in [6.45, 7) is 1.99. The molecular formula is C13H18BrN3O. The van der Waals surface area contributed by atoms with Crippen molar-refractivity contribution >= 4 is 27.5 Å². The molecule has 2 rings (SSSR count). The maximum atomic E-state index is 7.43. The summed E-state index contributed by atoms with van der Waals surface area (Å²) in [5, 5.41) is 7.43. The number of ether oxygens (including phenoxy) is 1. The molecule has 0 saturated carbocycles. The fourth-order valence-electron chi connectivity index (χ4n) is 2.26. The lowest BCUT2D eigenvalue weighted by molar-refractivity contribution is 0.0819. The molecule has 1 fully saturated rings. The third kappa shape index (κ3) is 2.84. The molecule has 5 heteroatoms. The summed E-state index contributed by atoms with van der Waals surface area (Å²) in [7, 11) is 1.78. The molecule has 98 valence electrons. The van der Waals surface area contributed by atoms with Crippen molar-refractivity contribution in [1.82, 2.24) is 0 Å². The normalized spacial score (nSPS) is 16.9. The third-order valence-electron chi connectivity index (χ3n) is 3.37. The van der Waals surface area contributed by atoms with Crippen LogP contribution in [0.25, 0.3) is 0 Å². The van der Waals surface area contributed by atoms with Gasteiger partial charge in [0.15, 0.2) is 0 Å². The van der Waals surface area contributed by atoms with Crippen LogP contribution in [0, 0.1) is 5.41 Å². The van der Waals surface area contributed by atoms with Gasteiger partial charge >= 0.3 is 0 Å². The fraction of sp³-hybridized carbons (Fsp3) is 0.462. The zero-order chi connectivity index (χ0) is 13.1. The number of anilines is 1. The van der Waals surface area contributed by atoms with Crippen LogP contribution < -0.4 is 10.6 Å². The predicted octanol–water partition coefficient (Wildman–Crippen LogP) is 2.35. The van der Waals surface area contributed by atoms with Gasteiger partial charge in [-0.15, -0.1) is 0 Å². The SMILES string of the molecule is COC1CCN(c2ccc(C(=N)N)cc2Br)CC1. The molecule has 1 aliphatic heterocycles. The Labute approximate surface area is 116 Å². The summed E-state index contributed by atoms with van der Waals surface area (Å²) in [6, 6.07) is 5.82. The Bertz CT molecular complexity index is 442. The second kappa shape index (κ2) is 5.71. The summed E-state index contributed by atoms with van der Waals surface area (Å²) in [5.74, 6) is 0.0975. The number of hydrogen-bond acceptors (Lipinski definition) is 3. The minimum atomic E-state index is 0.0975. The lowest BCUT2D eigenvalue weighted by atomic mass is 10.1. The van der Waals surface area contributed by atoms with Crippen molar-refractivity contribution in [3.63, 3.8) is 0 Å². The van der Waals surface area contributed by atoms with Crippen molar-refractivity contribution in [2.45, 2.75) is 18.9 Å². The molecule has 0 amide bonds. The molecule has 1 aromatic carbocycles. The van der Waals surface area contributed by atoms with Gasteiger partial charge in [-0.05, 0) is 47.0 Å². The Morgan fingerprint density at radius 1 is 1.44 bits per heavy atom. The lowest BCUT2D eigenvalue weighted by Gasteiger charge is -2.33. The second-order valence-electron chi connectivity index (χ2n) is 4.50. The smallest absolute Gasteiger partial charge is 0.122 e. The number of hydrogen-bond donors (Lipinski definition) is 2. The quantitative estimate of drug-likeness (QED) is 0.665. The molecule has 18 heavy (non-hydrogen) atoms. The monoisotopic (exact) mass is 311 g/mol. The maximum Gasteiger partial charge on any atom is 0.122 e. The zero-order valence-electron chi connectivity index (χ0n) is 10.4. The van der Waals surface area contributed by atoms with Crippen LogP contribution in [-0.2, 0) is 4.74 Å². The predicted molar refractivity (Wildman–Crippen MR) is 77.4 cm³/mol. The fourth-order valence-corrected chi connectivity index (χ4v) is 2.89. The van der Waals surface area contributed by atoms with E-state index in [2.05, 4.69) is 20.8 Å². The molecular weight excluding hydrogens is 294 g/mol. The van der Waals surface area contributed by atoms with E-state index < -0.39 is 0 Å². The summed E-state index contributed by atoms with van der Waals surface area (Å²) in [5.41, 5.74) is 7.39. The molecule has 0 aromatic heterocycles. The van der Waals surface area contributed by atoms with Gasteiger partial charge in [-0.1, -0.05) is 0 Å². The molecule has 0 radical (unpaired) electrons. The van der Waals surface area contributed by atoms with E-state index in [1.54, 1.807) is 7.11 Å². The molecule has 1 aliphatic rings. The summed E-state index contributed by atoms with van der Waals surface area (Å²) in [6.07, 6.45) is 2.49. The first kappa shape index (κ1) is 13.4. The Kier molecular flexibility index (Phi) is 4.24. The first-order chi connectivity index (χ1) is 8.61. The van der Waals surface area contributed by atoms with Gasteiger partial charge in [0, 0.05) is 30.2 Å². The number of nitrogen functional groups attached to an aromatic ring is 1. The largest absolute Gasteiger partial charge is 0.384 e. The maximum absolute atomic E-state index is 7.43. The van der Waals surface area contributed by atoms with E-state index >= 15 is 0 Å². The second-order valence-corrected chi connectivity index (χ2v) is 5.36. The van der Waals surface area contributed by atoms with Gasteiger partial charge < -0.3 is 15.4 Å². The topological polar surface area (TPSA) is 62.3 Å². The Morgan fingerprint density at radius 2 is 2.11 bits per heavy atom. The van der Waals surface area contributed by atoms with E-state index in [1.165, 1.54) is 0 Å². The van der Waals surface area contributed by atoms with Crippen LogP contribution in [0.15, 0.2) is 22.7 Å². The molecule has 1 aromatic rings. The lowest BCUT2D eigenvalue weighted by Crippen LogP contribution is -2.36. The molecule has 0 bridgehead atoms. The molecule has 0 unspecified atom stereocenters. The molecule has 0 atom stereocenters. The van der Waals surface area contributed by atoms with E-state index in [4.69, 9.17) is 15.9 Å². The summed E-state index contributed by atoms with van der Waals surface area (Å²) < 4.78 is 6.36. The number of benzene rings is 1. The highest BCUT2D eigenvalue weighted by Crippen LogP contribution is 2.29. The van der Waals surface area contributed by atoms with E-state index in [0.29, 0.717) is 6.10 Å². The van der Waals surface area contributed by atoms with Crippen LogP contribution in [0.5, 0.6) is 0 Å². The van der Waals surface area contributed by atoms with Gasteiger partial charge in [0.2, 0.25) is 0 Å². The number of halogens is 1. The first-order valence-corrected chi connectivity index (χ1v) is 6.83. The van der Waals surface area contributed by atoms with Crippen molar-refractivity contribution in [2.24, 2.45) is 5.73 Å². The Morgan fingerprint density at radius 3 is 2.61 bits per heavy atom. The van der Waals surface area contributed by atoms with Gasteiger partial charge in [-0.2, -0.15) is 0 Å². The van der Waals surface area contributed by atoms with Crippen LogP contribution in [0.1, 0.15) is 18.4 Å². The molecule has 0 spiro atoms. The minimum absolute atomic E-state index is 0.0975. The van der Waals surface area contributed by atoms with E-state index in [0.717, 1.165) is 41.7 Å². The van der Waals surface area contributed by atoms with Crippen molar-refractivity contribution in [2.75, 3.05) is 25.1 Å².